The normalized spacial score (nSPS) is 17.6. The molecule has 0 bridgehead atoms. The lowest BCUT2D eigenvalue weighted by atomic mass is 10.00. The second kappa shape index (κ2) is 45.1. The Balaban J connectivity index is 1.49. The lowest BCUT2D eigenvalue weighted by molar-refractivity contribution is -0.145. The van der Waals surface area contributed by atoms with Crippen molar-refractivity contribution < 1.29 is 107 Å². The highest BCUT2D eigenvalue weighted by atomic mass is 32.1. The van der Waals surface area contributed by atoms with Crippen molar-refractivity contribution in [1.82, 2.24) is 68.3 Å². The molecule has 2 aliphatic heterocycles. The van der Waals surface area contributed by atoms with Crippen LogP contribution in [0.2, 0.25) is 0 Å². The number of amides is 13. The van der Waals surface area contributed by atoms with Crippen molar-refractivity contribution in [2.45, 2.75) is 229 Å². The Morgan fingerprint density at radius 1 is 0.495 bits per heavy atom. The predicted octanol–water partition coefficient (Wildman–Crippen LogP) is -4.19. The molecule has 0 unspecified atom stereocenters. The molecule has 2 fully saturated rings. The number of aliphatic hydroxyl groups is 2. The summed E-state index contributed by atoms with van der Waals surface area (Å²) >= 11 is 4.22. The van der Waals surface area contributed by atoms with Crippen LogP contribution in [0.1, 0.15) is 137 Å². The second-order valence-corrected chi connectivity index (χ2v) is 28.3. The summed E-state index contributed by atoms with van der Waals surface area (Å²) in [6.45, 7) is 9.59. The zero-order chi connectivity index (χ0) is 81.5. The Morgan fingerprint density at radius 2 is 0.954 bits per heavy atom. The maximum atomic E-state index is 14.6. The molecule has 21 N–H and O–H groups in total. The Bertz CT molecular complexity index is 3500. The molecule has 0 aromatic heterocycles. The highest BCUT2D eigenvalue weighted by molar-refractivity contribution is 7.80. The summed E-state index contributed by atoms with van der Waals surface area (Å²) < 4.78 is 0. The molecule has 15 atom stereocenters. The molecule has 0 saturated carbocycles. The lowest BCUT2D eigenvalue weighted by Gasteiger charge is -2.31. The third-order valence-corrected chi connectivity index (χ3v) is 18.5. The maximum absolute atomic E-state index is 14.6. The number of unbranched alkanes of at least 4 members (excludes halogenated alkanes) is 1. The number of phenols is 1. The largest absolute Gasteiger partial charge is 0.508 e. The fourth-order valence-corrected chi connectivity index (χ4v) is 12.4. The minimum Gasteiger partial charge on any atom is -0.508 e. The van der Waals surface area contributed by atoms with E-state index in [9.17, 15) is 107 Å². The molecular formula is C71H107N15O22S. The number of carbonyl (C=O) groups is 16. The highest BCUT2D eigenvalue weighted by Gasteiger charge is 2.43. The van der Waals surface area contributed by atoms with Gasteiger partial charge in [-0.25, -0.2) is 4.79 Å². The standard InChI is InChI=1S/C71H107N15O22S/c1-36(2)31-47(63(99)75-38(5)69(105)85-29-13-18-51(85)66(102)77-46(25-27-55(93)94)62(98)83-56(37(3)4)71(107)108)78-64(100)48(33-42-20-22-43(89)23-21-42)79-61(97)45(24-26-54(91)92)76-67(103)52-19-14-30-86(52)70(106)58(40(7)88)82-53(90)34-74-60(96)50(35-109)81-65(101)49(32-41-15-9-8-10-16-41)80-68(104)57(39(6)87)84-59(95)44(73)17-11-12-28-72/h8-10,15-16,20-23,36-40,44-52,56-58,87-89,109H,11-14,17-19,24-35,72-73H2,1-7H3,(H,74,96)(H,75,99)(H,76,103)(H,77,102)(H,78,100)(H,79,97)(H,80,104)(H,81,101)(H,82,90)(H,83,98)(H,84,95)(H,91,92)(H,93,94)(H,107,108)/t38-,39+,40+,44-,45-,46-,47-,48-,49-,50-,51-,52-,56-,57-,58-/m0/s1. The van der Waals surface area contributed by atoms with Gasteiger partial charge in [0.05, 0.1) is 24.8 Å². The molecule has 109 heavy (non-hydrogen) atoms. The van der Waals surface area contributed by atoms with Crippen molar-refractivity contribution >= 4 is 107 Å². The zero-order valence-corrected chi connectivity index (χ0v) is 63.1. The molecule has 0 spiro atoms. The van der Waals surface area contributed by atoms with E-state index in [-0.39, 0.29) is 81.9 Å². The molecule has 0 aliphatic carbocycles. The maximum Gasteiger partial charge on any atom is 0.326 e. The van der Waals surface area contributed by atoms with Gasteiger partial charge in [0.1, 0.15) is 78.3 Å². The fourth-order valence-electron chi connectivity index (χ4n) is 12.1. The number of carbonyl (C=O) groups excluding carboxylic acids is 13. The Kier molecular flexibility index (Phi) is 37.8. The van der Waals surface area contributed by atoms with Crippen molar-refractivity contribution in [3.05, 3.63) is 65.7 Å². The van der Waals surface area contributed by atoms with Gasteiger partial charge in [0.15, 0.2) is 0 Å². The smallest absolute Gasteiger partial charge is 0.326 e. The van der Waals surface area contributed by atoms with E-state index in [0.29, 0.717) is 30.5 Å². The Morgan fingerprint density at radius 3 is 1.43 bits per heavy atom. The van der Waals surface area contributed by atoms with E-state index in [1.54, 1.807) is 44.2 Å². The fraction of sp³-hybridized carbons (Fsp3) is 0.606. The number of nitrogens with two attached hydrogens (primary N) is 2. The second-order valence-electron chi connectivity index (χ2n) is 27.9. The van der Waals surface area contributed by atoms with Crippen molar-refractivity contribution in [2.75, 3.05) is 31.9 Å². The van der Waals surface area contributed by atoms with Gasteiger partial charge in [-0.1, -0.05) is 76.6 Å². The Hall–Kier alpha value is -10.0. The van der Waals surface area contributed by atoms with Crippen LogP contribution in [-0.4, -0.2) is 258 Å². The number of carboxylic acid groups (broad SMARTS) is 3. The molecule has 2 aromatic carbocycles. The van der Waals surface area contributed by atoms with Gasteiger partial charge in [-0.2, -0.15) is 12.6 Å². The molecule has 4 rings (SSSR count). The number of hydrogen-bond acceptors (Lipinski definition) is 22. The van der Waals surface area contributed by atoms with Crippen LogP contribution in [0.25, 0.3) is 0 Å². The Labute approximate surface area is 636 Å². The average Bonchev–Trinajstić information content (AvgIpc) is 1.73. The van der Waals surface area contributed by atoms with Crippen molar-refractivity contribution in [2.24, 2.45) is 23.3 Å². The summed E-state index contributed by atoms with van der Waals surface area (Å²) in [4.78, 5) is 219. The first-order valence-electron chi connectivity index (χ1n) is 36.2. The number of benzene rings is 2. The predicted molar refractivity (Wildman–Crippen MR) is 393 cm³/mol. The van der Waals surface area contributed by atoms with Crippen LogP contribution in [0.4, 0.5) is 0 Å². The number of aliphatic hydroxyl groups excluding tert-OH is 2. The molecule has 37 nitrogen and oxygen atoms in total. The van der Waals surface area contributed by atoms with Crippen LogP contribution in [0, 0.1) is 11.8 Å². The van der Waals surface area contributed by atoms with Crippen LogP contribution in [0.3, 0.4) is 0 Å². The van der Waals surface area contributed by atoms with Crippen molar-refractivity contribution in [3.8, 4) is 5.75 Å². The number of nitrogens with one attached hydrogen (secondary N) is 11. The van der Waals surface area contributed by atoms with E-state index in [1.165, 1.54) is 52.0 Å². The molecule has 2 aliphatic rings. The first-order valence-corrected chi connectivity index (χ1v) is 36.8. The quantitative estimate of drug-likeness (QED) is 0.0221. The van der Waals surface area contributed by atoms with Crippen LogP contribution < -0.4 is 70.0 Å². The van der Waals surface area contributed by atoms with E-state index in [1.807, 2.05) is 0 Å². The van der Waals surface area contributed by atoms with E-state index < -0.39 is 224 Å². The first-order chi connectivity index (χ1) is 51.4. The number of phenolic OH excluding ortho intramolecular Hbond substituents is 1. The van der Waals surface area contributed by atoms with Gasteiger partial charge >= 0.3 is 17.9 Å². The van der Waals surface area contributed by atoms with Gasteiger partial charge in [-0.15, -0.1) is 0 Å². The minimum absolute atomic E-state index is 0.00696. The summed E-state index contributed by atoms with van der Waals surface area (Å²) in [6.07, 6.45) is -4.17. The van der Waals surface area contributed by atoms with E-state index in [2.05, 4.69) is 71.1 Å². The molecule has 2 saturated heterocycles. The molecule has 38 heteroatoms. The van der Waals surface area contributed by atoms with Gasteiger partial charge < -0.3 is 110 Å². The number of rotatable bonds is 45. The first kappa shape index (κ1) is 91.3. The summed E-state index contributed by atoms with van der Waals surface area (Å²) in [5.74, 6) is -17.7. The van der Waals surface area contributed by atoms with Crippen LogP contribution in [0.15, 0.2) is 54.6 Å². The lowest BCUT2D eigenvalue weighted by Crippen LogP contribution is -2.61. The highest BCUT2D eigenvalue weighted by Crippen LogP contribution is 2.23. The van der Waals surface area contributed by atoms with Gasteiger partial charge in [-0.3, -0.25) is 71.9 Å². The number of aromatic hydroxyl groups is 1. The van der Waals surface area contributed by atoms with Gasteiger partial charge in [0, 0.05) is 44.5 Å². The summed E-state index contributed by atoms with van der Waals surface area (Å²) in [7, 11) is 0. The zero-order valence-electron chi connectivity index (χ0n) is 62.2. The third kappa shape index (κ3) is 29.8. The van der Waals surface area contributed by atoms with Gasteiger partial charge in [0.2, 0.25) is 76.8 Å². The molecule has 13 amide bonds. The number of carboxylic acids is 3. The van der Waals surface area contributed by atoms with Crippen LogP contribution in [-0.2, 0) is 89.6 Å². The number of hydrogen-bond donors (Lipinski definition) is 20. The van der Waals surface area contributed by atoms with E-state index in [4.69, 9.17) is 11.5 Å². The number of likely N-dealkylation sites (tertiary alicyclic amines) is 2. The average molecular weight is 1550 g/mol. The number of nitrogens with zero attached hydrogens (tertiary/aromatic N) is 2. The topological polar surface area (TPSA) is 585 Å². The van der Waals surface area contributed by atoms with Gasteiger partial charge in [0.25, 0.3) is 0 Å². The van der Waals surface area contributed by atoms with Crippen molar-refractivity contribution in [3.63, 3.8) is 0 Å². The van der Waals surface area contributed by atoms with E-state index in [0.717, 1.165) is 16.7 Å². The summed E-state index contributed by atoms with van der Waals surface area (Å²) in [5.41, 5.74) is 12.5. The number of thiol groups is 1. The van der Waals surface area contributed by atoms with Crippen LogP contribution in [0.5, 0.6) is 5.75 Å². The number of aliphatic carboxylic acids is 3. The molecule has 2 heterocycles. The minimum atomic E-state index is -1.78. The SMILES string of the molecule is CC(C)C[C@H](NC(=O)[C@H](Cc1ccc(O)cc1)NC(=O)[C@H](CCC(=O)O)NC(=O)[C@@H]1CCCN1C(=O)[C@@H](NC(=O)CNC(=O)[C@H](CS)NC(=O)[C@H](Cc1ccccc1)NC(=O)[C@@H](NC(=O)[C@@H](N)CCCCN)[C@@H](C)O)[C@@H](C)O)C(=O)N[C@@H](C)C(=O)N1CCC[C@H]1C(=O)N[C@@H](CCC(=O)O)C(=O)N[C@H](C(=O)O)C(C)C. The molecule has 0 radical (unpaired) electrons. The third-order valence-electron chi connectivity index (χ3n) is 18.1. The monoisotopic (exact) mass is 1550 g/mol. The molecular weight excluding hydrogens is 1450 g/mol. The molecule has 604 valence electrons. The summed E-state index contributed by atoms with van der Waals surface area (Å²) in [6, 6.07) is -5.21. The van der Waals surface area contributed by atoms with Crippen molar-refractivity contribution in [1.29, 1.82) is 0 Å². The van der Waals surface area contributed by atoms with E-state index >= 15 is 0 Å². The van der Waals surface area contributed by atoms with Crippen LogP contribution >= 0.6 is 12.6 Å². The molecule has 2 aromatic rings. The summed E-state index contributed by atoms with van der Waals surface area (Å²) in [5, 5.41) is 87.6. The van der Waals surface area contributed by atoms with Gasteiger partial charge in [-0.05, 0) is 120 Å².